The lowest BCUT2D eigenvalue weighted by molar-refractivity contribution is 0.0724. The van der Waals surface area contributed by atoms with Gasteiger partial charge in [0, 0.05) is 18.2 Å². The second-order valence-corrected chi connectivity index (χ2v) is 6.95. The first-order valence-corrected chi connectivity index (χ1v) is 8.07. The number of aromatic nitrogens is 1. The first kappa shape index (κ1) is 17.3. The summed E-state index contributed by atoms with van der Waals surface area (Å²) in [6.07, 6.45) is 5.64. The summed E-state index contributed by atoms with van der Waals surface area (Å²) in [5.41, 5.74) is 6.95. The molecule has 5 nitrogen and oxygen atoms in total. The van der Waals surface area contributed by atoms with Crippen molar-refractivity contribution >= 4 is 18.3 Å². The van der Waals surface area contributed by atoms with Crippen molar-refractivity contribution in [2.75, 3.05) is 0 Å². The van der Waals surface area contributed by atoms with Crippen LogP contribution in [0.1, 0.15) is 68.1 Å². The van der Waals surface area contributed by atoms with Crippen LogP contribution in [0.3, 0.4) is 0 Å². The van der Waals surface area contributed by atoms with Gasteiger partial charge in [0.15, 0.2) is 0 Å². The van der Waals surface area contributed by atoms with Crippen LogP contribution in [0.2, 0.25) is 0 Å². The van der Waals surface area contributed by atoms with Gasteiger partial charge in [-0.3, -0.25) is 4.79 Å². The van der Waals surface area contributed by atoms with E-state index in [0.717, 1.165) is 18.5 Å². The number of amides is 1. The lowest BCUT2D eigenvalue weighted by Gasteiger charge is -2.45. The summed E-state index contributed by atoms with van der Waals surface area (Å²) in [6.45, 7) is 4.07. The SMILES string of the molecule is CC(C)c1cc(C(=O)NC2C3CCCC2CC(N)C3)on1.Cl. The number of carbonyl (C=O) groups is 1. The van der Waals surface area contributed by atoms with Crippen molar-refractivity contribution < 1.29 is 9.32 Å². The monoisotopic (exact) mass is 327 g/mol. The Labute approximate surface area is 137 Å². The Hall–Kier alpha value is -1.07. The van der Waals surface area contributed by atoms with Crippen LogP contribution in [0.5, 0.6) is 0 Å². The zero-order valence-electron chi connectivity index (χ0n) is 13.2. The van der Waals surface area contributed by atoms with E-state index in [4.69, 9.17) is 10.3 Å². The fourth-order valence-electron chi connectivity index (χ4n) is 3.92. The highest BCUT2D eigenvalue weighted by molar-refractivity contribution is 5.91. The number of hydrogen-bond acceptors (Lipinski definition) is 4. The molecule has 6 heteroatoms. The minimum Gasteiger partial charge on any atom is -0.351 e. The summed E-state index contributed by atoms with van der Waals surface area (Å²) < 4.78 is 5.19. The first-order valence-electron chi connectivity index (χ1n) is 8.07. The third-order valence-corrected chi connectivity index (χ3v) is 5.02. The van der Waals surface area contributed by atoms with Crippen LogP contribution >= 0.6 is 12.4 Å². The highest BCUT2D eigenvalue weighted by Crippen LogP contribution is 2.39. The molecule has 1 amide bonds. The average molecular weight is 328 g/mol. The van der Waals surface area contributed by atoms with Gasteiger partial charge in [-0.2, -0.15) is 0 Å². The van der Waals surface area contributed by atoms with E-state index in [2.05, 4.69) is 10.5 Å². The third kappa shape index (κ3) is 3.46. The molecule has 124 valence electrons. The Morgan fingerprint density at radius 2 is 2.00 bits per heavy atom. The van der Waals surface area contributed by atoms with E-state index in [0.29, 0.717) is 23.6 Å². The molecule has 2 unspecified atom stereocenters. The Bertz CT molecular complexity index is 503. The molecule has 3 N–H and O–H groups in total. The molecule has 2 aliphatic rings. The van der Waals surface area contributed by atoms with Gasteiger partial charge in [-0.25, -0.2) is 0 Å². The van der Waals surface area contributed by atoms with Crippen LogP contribution in [-0.4, -0.2) is 23.1 Å². The number of fused-ring (bicyclic) bond motifs is 2. The van der Waals surface area contributed by atoms with Crippen molar-refractivity contribution in [3.63, 3.8) is 0 Å². The van der Waals surface area contributed by atoms with Gasteiger partial charge in [0.2, 0.25) is 5.76 Å². The quantitative estimate of drug-likeness (QED) is 0.894. The van der Waals surface area contributed by atoms with Gasteiger partial charge in [-0.15, -0.1) is 12.4 Å². The minimum atomic E-state index is -0.133. The van der Waals surface area contributed by atoms with E-state index in [1.165, 1.54) is 19.3 Å². The molecule has 0 aliphatic heterocycles. The zero-order chi connectivity index (χ0) is 15.0. The Morgan fingerprint density at radius 1 is 1.36 bits per heavy atom. The minimum absolute atomic E-state index is 0. The van der Waals surface area contributed by atoms with E-state index in [-0.39, 0.29) is 30.3 Å². The molecule has 1 aromatic heterocycles. The predicted molar refractivity (Wildman–Crippen MR) is 87.1 cm³/mol. The van der Waals surface area contributed by atoms with Gasteiger partial charge in [0.05, 0.1) is 5.69 Å². The molecule has 2 bridgehead atoms. The van der Waals surface area contributed by atoms with Gasteiger partial charge in [-0.1, -0.05) is 25.4 Å². The van der Waals surface area contributed by atoms with Crippen molar-refractivity contribution in [2.45, 2.75) is 64.0 Å². The van der Waals surface area contributed by atoms with Crippen molar-refractivity contribution in [3.8, 4) is 0 Å². The molecule has 2 aliphatic carbocycles. The zero-order valence-corrected chi connectivity index (χ0v) is 14.1. The average Bonchev–Trinajstić information content (AvgIpc) is 2.89. The van der Waals surface area contributed by atoms with Crippen LogP contribution in [0.15, 0.2) is 10.6 Å². The summed E-state index contributed by atoms with van der Waals surface area (Å²) in [4.78, 5) is 12.4. The molecule has 0 spiro atoms. The molecule has 2 saturated carbocycles. The third-order valence-electron chi connectivity index (χ3n) is 5.02. The molecular formula is C16H26ClN3O2. The lowest BCUT2D eigenvalue weighted by Crippen LogP contribution is -2.53. The van der Waals surface area contributed by atoms with E-state index < -0.39 is 0 Å². The fourth-order valence-corrected chi connectivity index (χ4v) is 3.92. The van der Waals surface area contributed by atoms with Crippen LogP contribution < -0.4 is 11.1 Å². The number of rotatable bonds is 3. The summed E-state index contributed by atoms with van der Waals surface area (Å²) >= 11 is 0. The molecule has 0 saturated heterocycles. The first-order chi connectivity index (χ1) is 10.0. The van der Waals surface area contributed by atoms with E-state index in [1.54, 1.807) is 6.07 Å². The van der Waals surface area contributed by atoms with Crippen LogP contribution in [0.25, 0.3) is 0 Å². The lowest BCUT2D eigenvalue weighted by atomic mass is 9.67. The number of nitrogens with zero attached hydrogens (tertiary/aromatic N) is 1. The number of carbonyl (C=O) groups excluding carboxylic acids is 1. The molecule has 2 fully saturated rings. The molecule has 2 atom stereocenters. The van der Waals surface area contributed by atoms with Gasteiger partial charge in [-0.05, 0) is 43.4 Å². The van der Waals surface area contributed by atoms with Gasteiger partial charge >= 0.3 is 0 Å². The standard InChI is InChI=1S/C16H25N3O2.ClH/c1-9(2)13-8-14(21-19-13)16(20)18-15-10-4-3-5-11(15)7-12(17)6-10;/h8-12,15H,3-7,17H2,1-2H3,(H,18,20);1H. The molecule has 22 heavy (non-hydrogen) atoms. The van der Waals surface area contributed by atoms with Gasteiger partial charge in [0.25, 0.3) is 5.91 Å². The van der Waals surface area contributed by atoms with Crippen molar-refractivity contribution in [1.29, 1.82) is 0 Å². The smallest absolute Gasteiger partial charge is 0.290 e. The van der Waals surface area contributed by atoms with Crippen molar-refractivity contribution in [2.24, 2.45) is 17.6 Å². The summed E-state index contributed by atoms with van der Waals surface area (Å²) in [6, 6.07) is 2.30. The molecule has 1 aromatic rings. The van der Waals surface area contributed by atoms with E-state index in [9.17, 15) is 4.79 Å². The normalized spacial score (nSPS) is 30.7. The van der Waals surface area contributed by atoms with Crippen molar-refractivity contribution in [3.05, 3.63) is 17.5 Å². The maximum Gasteiger partial charge on any atom is 0.290 e. The second-order valence-electron chi connectivity index (χ2n) is 6.95. The highest BCUT2D eigenvalue weighted by Gasteiger charge is 2.40. The molecule has 3 rings (SSSR count). The number of hydrogen-bond donors (Lipinski definition) is 2. The van der Waals surface area contributed by atoms with Crippen molar-refractivity contribution in [1.82, 2.24) is 10.5 Å². The topological polar surface area (TPSA) is 81.2 Å². The molecule has 1 heterocycles. The summed E-state index contributed by atoms with van der Waals surface area (Å²) in [5.74, 6) is 1.49. The summed E-state index contributed by atoms with van der Waals surface area (Å²) in [7, 11) is 0. The second kappa shape index (κ2) is 7.01. The Kier molecular flexibility index (Phi) is 5.50. The summed E-state index contributed by atoms with van der Waals surface area (Å²) in [5, 5.41) is 7.14. The molecular weight excluding hydrogens is 302 g/mol. The predicted octanol–water partition coefficient (Wildman–Crippen LogP) is 2.86. The Balaban J connectivity index is 0.00000176. The van der Waals surface area contributed by atoms with E-state index in [1.807, 2.05) is 13.8 Å². The van der Waals surface area contributed by atoms with Gasteiger partial charge < -0.3 is 15.6 Å². The van der Waals surface area contributed by atoms with Crippen LogP contribution in [0.4, 0.5) is 0 Å². The highest BCUT2D eigenvalue weighted by atomic mass is 35.5. The molecule has 0 radical (unpaired) electrons. The van der Waals surface area contributed by atoms with E-state index >= 15 is 0 Å². The maximum absolute atomic E-state index is 12.4. The number of nitrogens with two attached hydrogens (primary N) is 1. The van der Waals surface area contributed by atoms with Crippen LogP contribution in [0, 0.1) is 11.8 Å². The largest absolute Gasteiger partial charge is 0.351 e. The number of halogens is 1. The molecule has 0 aromatic carbocycles. The number of nitrogens with one attached hydrogen (secondary N) is 1. The Morgan fingerprint density at radius 3 is 2.55 bits per heavy atom. The van der Waals surface area contributed by atoms with Gasteiger partial charge in [0.1, 0.15) is 0 Å². The fraction of sp³-hybridized carbons (Fsp3) is 0.750. The van der Waals surface area contributed by atoms with Crippen LogP contribution in [-0.2, 0) is 0 Å². The maximum atomic E-state index is 12.4.